The van der Waals surface area contributed by atoms with Gasteiger partial charge in [0, 0.05) is 36.9 Å². The molecule has 0 saturated carbocycles. The highest BCUT2D eigenvalue weighted by Crippen LogP contribution is 2.33. The maximum absolute atomic E-state index is 12.6. The quantitative estimate of drug-likeness (QED) is 0.624. The maximum Gasteiger partial charge on any atom is 0.321 e. The molecule has 1 aliphatic rings. The van der Waals surface area contributed by atoms with Crippen molar-refractivity contribution in [1.29, 1.82) is 0 Å². The van der Waals surface area contributed by atoms with Crippen LogP contribution in [0.25, 0.3) is 10.2 Å². The second-order valence-corrected chi connectivity index (χ2v) is 8.64. The lowest BCUT2D eigenvalue weighted by Crippen LogP contribution is -2.50. The number of rotatable bonds is 2. The molecule has 4 rings (SSSR count). The molecule has 0 spiro atoms. The smallest absolute Gasteiger partial charge is 0.321 e. The Labute approximate surface area is 173 Å². The molecule has 0 unspecified atom stereocenters. The van der Waals surface area contributed by atoms with Crippen LogP contribution in [0, 0.1) is 20.8 Å². The van der Waals surface area contributed by atoms with E-state index in [0.717, 1.165) is 44.7 Å². The van der Waals surface area contributed by atoms with Crippen LogP contribution in [0.1, 0.15) is 16.7 Å². The first-order valence-corrected chi connectivity index (χ1v) is 10.6. The average Bonchev–Trinajstić information content (AvgIpc) is 3.13. The summed E-state index contributed by atoms with van der Waals surface area (Å²) in [5.41, 5.74) is 5.23. The molecule has 1 fully saturated rings. The van der Waals surface area contributed by atoms with E-state index in [9.17, 15) is 4.79 Å². The van der Waals surface area contributed by atoms with Gasteiger partial charge in [0.15, 0.2) is 5.13 Å². The topological polar surface area (TPSA) is 48.5 Å². The van der Waals surface area contributed by atoms with Gasteiger partial charge in [0.25, 0.3) is 0 Å². The second kappa shape index (κ2) is 7.60. The summed E-state index contributed by atoms with van der Waals surface area (Å²) in [7, 11) is 0. The molecule has 1 N–H and O–H groups in total. The van der Waals surface area contributed by atoms with E-state index in [4.69, 9.17) is 16.6 Å². The molecule has 2 heterocycles. The van der Waals surface area contributed by atoms with E-state index >= 15 is 0 Å². The Kier molecular flexibility index (Phi) is 5.17. The fourth-order valence-electron chi connectivity index (χ4n) is 3.35. The third kappa shape index (κ3) is 3.66. The van der Waals surface area contributed by atoms with Crippen LogP contribution in [0.15, 0.2) is 30.3 Å². The molecule has 7 heteroatoms. The number of aryl methyl sites for hydroxylation is 3. The second-order valence-electron chi connectivity index (χ2n) is 7.22. The van der Waals surface area contributed by atoms with Gasteiger partial charge in [-0.1, -0.05) is 29.0 Å². The molecular weight excluding hydrogens is 392 g/mol. The van der Waals surface area contributed by atoms with Gasteiger partial charge in [-0.05, 0) is 61.7 Å². The minimum atomic E-state index is -0.0465. The van der Waals surface area contributed by atoms with Crippen molar-refractivity contribution in [1.82, 2.24) is 9.88 Å². The van der Waals surface area contributed by atoms with Crippen LogP contribution in [0.3, 0.4) is 0 Å². The minimum absolute atomic E-state index is 0.0465. The van der Waals surface area contributed by atoms with Gasteiger partial charge in [-0.15, -0.1) is 0 Å². The van der Waals surface area contributed by atoms with Crippen LogP contribution in [0.4, 0.5) is 15.6 Å². The molecule has 146 valence electrons. The van der Waals surface area contributed by atoms with Crippen molar-refractivity contribution in [2.75, 3.05) is 36.4 Å². The summed E-state index contributed by atoms with van der Waals surface area (Å²) in [5.74, 6) is 0. The summed E-state index contributed by atoms with van der Waals surface area (Å²) in [6.07, 6.45) is 0. The third-order valence-electron chi connectivity index (χ3n) is 5.33. The third-order valence-corrected chi connectivity index (χ3v) is 6.82. The lowest BCUT2D eigenvalue weighted by Gasteiger charge is -2.34. The molecule has 1 aliphatic heterocycles. The molecule has 0 radical (unpaired) electrons. The average molecular weight is 415 g/mol. The van der Waals surface area contributed by atoms with E-state index < -0.39 is 0 Å². The maximum atomic E-state index is 12.6. The van der Waals surface area contributed by atoms with Gasteiger partial charge in [0.1, 0.15) is 0 Å². The Bertz CT molecular complexity index is 1040. The lowest BCUT2D eigenvalue weighted by atomic mass is 10.1. The van der Waals surface area contributed by atoms with Crippen LogP contribution in [0.5, 0.6) is 0 Å². The number of nitrogens with zero attached hydrogens (tertiary/aromatic N) is 3. The zero-order valence-corrected chi connectivity index (χ0v) is 17.8. The van der Waals surface area contributed by atoms with Gasteiger partial charge in [-0.2, -0.15) is 0 Å². The molecule has 2 aromatic carbocycles. The predicted octanol–water partition coefficient (Wildman–Crippen LogP) is 5.23. The number of benzene rings is 2. The number of anilines is 2. The fraction of sp³-hybridized carbons (Fsp3) is 0.333. The van der Waals surface area contributed by atoms with Gasteiger partial charge in [0.05, 0.1) is 10.2 Å². The zero-order valence-electron chi connectivity index (χ0n) is 16.3. The number of hydrogen-bond donors (Lipinski definition) is 1. The van der Waals surface area contributed by atoms with Crippen molar-refractivity contribution in [2.45, 2.75) is 20.8 Å². The van der Waals surface area contributed by atoms with E-state index in [1.54, 1.807) is 11.3 Å². The summed E-state index contributed by atoms with van der Waals surface area (Å²) in [4.78, 5) is 21.5. The number of thiazole rings is 1. The van der Waals surface area contributed by atoms with Crippen molar-refractivity contribution < 1.29 is 4.79 Å². The Hall–Kier alpha value is -2.31. The molecule has 0 aliphatic carbocycles. The Balaban J connectivity index is 1.41. The fourth-order valence-corrected chi connectivity index (χ4v) is 4.58. The minimum Gasteiger partial charge on any atom is -0.345 e. The van der Waals surface area contributed by atoms with Gasteiger partial charge >= 0.3 is 6.03 Å². The molecule has 0 atom stereocenters. The number of fused-ring (bicyclic) bond motifs is 1. The summed E-state index contributed by atoms with van der Waals surface area (Å²) >= 11 is 7.90. The van der Waals surface area contributed by atoms with Crippen LogP contribution in [-0.4, -0.2) is 42.1 Å². The highest BCUT2D eigenvalue weighted by atomic mass is 35.5. The van der Waals surface area contributed by atoms with E-state index in [1.807, 2.05) is 42.2 Å². The molecule has 28 heavy (non-hydrogen) atoms. The van der Waals surface area contributed by atoms with Gasteiger partial charge in [-0.25, -0.2) is 9.78 Å². The van der Waals surface area contributed by atoms with Crippen molar-refractivity contribution in [3.8, 4) is 0 Å². The molecular formula is C21H23ClN4OS. The van der Waals surface area contributed by atoms with E-state index in [2.05, 4.69) is 24.1 Å². The molecule has 3 aromatic rings. The first-order chi connectivity index (χ1) is 13.4. The first-order valence-electron chi connectivity index (χ1n) is 9.36. The Morgan fingerprint density at radius 2 is 1.82 bits per heavy atom. The summed E-state index contributed by atoms with van der Waals surface area (Å²) in [6.45, 7) is 9.01. The molecule has 1 saturated heterocycles. The number of nitrogens with one attached hydrogen (secondary N) is 1. The molecule has 1 aromatic heterocycles. The number of aromatic nitrogens is 1. The number of carbonyl (C=O) groups is 1. The highest BCUT2D eigenvalue weighted by Gasteiger charge is 2.23. The SMILES string of the molecule is Cc1ccc(NC(=O)N2CCN(c3nc4c(C)c(Cl)ccc4s3)CC2)cc1C. The zero-order chi connectivity index (χ0) is 19.8. The summed E-state index contributed by atoms with van der Waals surface area (Å²) in [6, 6.07) is 9.90. The predicted molar refractivity (Wildman–Crippen MR) is 118 cm³/mol. The monoisotopic (exact) mass is 414 g/mol. The molecule has 2 amide bonds. The largest absolute Gasteiger partial charge is 0.345 e. The number of halogens is 1. The van der Waals surface area contributed by atoms with Crippen molar-refractivity contribution >= 4 is 50.0 Å². The van der Waals surface area contributed by atoms with Crippen LogP contribution < -0.4 is 10.2 Å². The first kappa shape index (κ1) is 19.0. The molecule has 0 bridgehead atoms. The number of urea groups is 1. The standard InChI is InChI=1S/C21H23ClN4OS/c1-13-4-5-16(12-14(13)2)23-20(27)25-8-10-26(11-9-25)21-24-19-15(3)17(22)6-7-18(19)28-21/h4-7,12H,8-11H2,1-3H3,(H,23,27). The Morgan fingerprint density at radius 3 is 2.54 bits per heavy atom. The van der Waals surface area contributed by atoms with Gasteiger partial charge in [0.2, 0.25) is 0 Å². The highest BCUT2D eigenvalue weighted by molar-refractivity contribution is 7.22. The number of carbonyl (C=O) groups excluding carboxylic acids is 1. The molecule has 5 nitrogen and oxygen atoms in total. The van der Waals surface area contributed by atoms with Crippen LogP contribution in [0.2, 0.25) is 5.02 Å². The van der Waals surface area contributed by atoms with Gasteiger partial charge < -0.3 is 15.1 Å². The van der Waals surface area contributed by atoms with E-state index in [0.29, 0.717) is 13.1 Å². The lowest BCUT2D eigenvalue weighted by molar-refractivity contribution is 0.208. The number of amides is 2. The van der Waals surface area contributed by atoms with Crippen molar-refractivity contribution in [3.63, 3.8) is 0 Å². The number of hydrogen-bond acceptors (Lipinski definition) is 4. The van der Waals surface area contributed by atoms with Crippen LogP contribution in [-0.2, 0) is 0 Å². The van der Waals surface area contributed by atoms with Crippen molar-refractivity contribution in [3.05, 3.63) is 52.0 Å². The van der Waals surface area contributed by atoms with Crippen molar-refractivity contribution in [2.24, 2.45) is 0 Å². The summed E-state index contributed by atoms with van der Waals surface area (Å²) < 4.78 is 1.15. The van der Waals surface area contributed by atoms with Gasteiger partial charge in [-0.3, -0.25) is 0 Å². The normalized spacial score (nSPS) is 14.6. The Morgan fingerprint density at radius 1 is 1.07 bits per heavy atom. The van der Waals surface area contributed by atoms with E-state index in [1.165, 1.54) is 11.1 Å². The summed E-state index contributed by atoms with van der Waals surface area (Å²) in [5, 5.41) is 4.75. The number of piperazine rings is 1. The van der Waals surface area contributed by atoms with E-state index in [-0.39, 0.29) is 6.03 Å². The van der Waals surface area contributed by atoms with Crippen LogP contribution >= 0.6 is 22.9 Å².